The van der Waals surface area contributed by atoms with Crippen LogP contribution >= 0.6 is 11.3 Å². The molecule has 2 aromatic heterocycles. The van der Waals surface area contributed by atoms with Gasteiger partial charge in [-0.2, -0.15) is 5.10 Å². The van der Waals surface area contributed by atoms with Crippen molar-refractivity contribution in [3.63, 3.8) is 0 Å². The average Bonchev–Trinajstić information content (AvgIpc) is 2.74. The minimum atomic E-state index is -0.954. The molecule has 2 rings (SSSR count). The summed E-state index contributed by atoms with van der Waals surface area (Å²) >= 11 is 1.61. The minimum absolute atomic E-state index is 0.810. The van der Waals surface area contributed by atoms with Crippen molar-refractivity contribution in [3.8, 4) is 0 Å². The maximum atomic E-state index is 10.5. The second kappa shape index (κ2) is 3.47. The maximum Gasteiger partial charge on any atom is 0.137 e. The van der Waals surface area contributed by atoms with Crippen LogP contribution in [0.5, 0.6) is 0 Å². The lowest BCUT2D eigenvalue weighted by Crippen LogP contribution is -2.24. The van der Waals surface area contributed by atoms with Crippen LogP contribution in [0.1, 0.15) is 22.4 Å². The van der Waals surface area contributed by atoms with Gasteiger partial charge in [0.15, 0.2) is 0 Å². The molecule has 0 fully saturated rings. The van der Waals surface area contributed by atoms with E-state index in [1.165, 1.54) is 4.88 Å². The van der Waals surface area contributed by atoms with Gasteiger partial charge in [-0.25, -0.2) is 0 Å². The van der Waals surface area contributed by atoms with Gasteiger partial charge in [-0.1, -0.05) is 0 Å². The summed E-state index contributed by atoms with van der Waals surface area (Å²) in [6.07, 6.45) is 1.70. The minimum Gasteiger partial charge on any atom is -0.378 e. The molecule has 3 nitrogen and oxygen atoms in total. The SMILES string of the molecule is Cc1ccc(C(C)(O)c2ccnn2C)s1. The largest absolute Gasteiger partial charge is 0.378 e. The van der Waals surface area contributed by atoms with E-state index in [-0.39, 0.29) is 0 Å². The number of rotatable bonds is 2. The van der Waals surface area contributed by atoms with Crippen LogP contribution in [0.15, 0.2) is 24.4 Å². The quantitative estimate of drug-likeness (QED) is 0.844. The fourth-order valence-corrected chi connectivity index (χ4v) is 2.60. The second-order valence-corrected chi connectivity index (χ2v) is 5.11. The Balaban J connectivity index is 2.47. The first-order valence-electron chi connectivity index (χ1n) is 4.79. The fourth-order valence-electron chi connectivity index (χ4n) is 1.67. The molecule has 0 amide bonds. The normalized spacial score (nSPS) is 15.2. The molecule has 0 saturated heterocycles. The molecule has 0 aliphatic rings. The summed E-state index contributed by atoms with van der Waals surface area (Å²) in [5, 5.41) is 14.6. The molecule has 1 unspecified atom stereocenters. The van der Waals surface area contributed by atoms with Gasteiger partial charge in [0.2, 0.25) is 0 Å². The average molecular weight is 222 g/mol. The van der Waals surface area contributed by atoms with E-state index in [1.54, 1.807) is 29.1 Å². The Morgan fingerprint density at radius 1 is 1.40 bits per heavy atom. The number of aliphatic hydroxyl groups is 1. The zero-order chi connectivity index (χ0) is 11.1. The lowest BCUT2D eigenvalue weighted by Gasteiger charge is -2.21. The van der Waals surface area contributed by atoms with Crippen LogP contribution in [-0.2, 0) is 12.6 Å². The van der Waals surface area contributed by atoms with Crippen LogP contribution in [0.4, 0.5) is 0 Å². The van der Waals surface area contributed by atoms with Crippen LogP contribution in [-0.4, -0.2) is 14.9 Å². The van der Waals surface area contributed by atoms with Crippen molar-refractivity contribution in [1.29, 1.82) is 0 Å². The molecule has 0 aliphatic carbocycles. The van der Waals surface area contributed by atoms with Crippen molar-refractivity contribution in [2.24, 2.45) is 7.05 Å². The first-order valence-corrected chi connectivity index (χ1v) is 5.61. The lowest BCUT2D eigenvalue weighted by molar-refractivity contribution is 0.0968. The molecule has 0 saturated carbocycles. The molecule has 0 bridgehead atoms. The zero-order valence-corrected chi connectivity index (χ0v) is 9.88. The summed E-state index contributed by atoms with van der Waals surface area (Å²) < 4.78 is 1.70. The Kier molecular flexibility index (Phi) is 2.40. The van der Waals surface area contributed by atoms with E-state index in [2.05, 4.69) is 5.10 Å². The third-order valence-corrected chi connectivity index (χ3v) is 3.75. The van der Waals surface area contributed by atoms with Crippen molar-refractivity contribution >= 4 is 11.3 Å². The van der Waals surface area contributed by atoms with E-state index < -0.39 is 5.60 Å². The van der Waals surface area contributed by atoms with Gasteiger partial charge in [-0.15, -0.1) is 11.3 Å². The zero-order valence-electron chi connectivity index (χ0n) is 9.06. The third-order valence-electron chi connectivity index (χ3n) is 2.54. The van der Waals surface area contributed by atoms with Crippen molar-refractivity contribution in [2.75, 3.05) is 0 Å². The van der Waals surface area contributed by atoms with Crippen LogP contribution < -0.4 is 0 Å². The topological polar surface area (TPSA) is 38.1 Å². The monoisotopic (exact) mass is 222 g/mol. The number of aryl methyl sites for hydroxylation is 2. The molecule has 0 spiro atoms. The van der Waals surface area contributed by atoms with Crippen molar-refractivity contribution in [3.05, 3.63) is 39.8 Å². The van der Waals surface area contributed by atoms with Crippen molar-refractivity contribution in [2.45, 2.75) is 19.4 Å². The number of hydrogen-bond donors (Lipinski definition) is 1. The van der Waals surface area contributed by atoms with Gasteiger partial charge in [0.05, 0.1) is 5.69 Å². The number of aromatic nitrogens is 2. The van der Waals surface area contributed by atoms with Gasteiger partial charge in [0.1, 0.15) is 5.60 Å². The molecule has 2 aromatic rings. The Hall–Kier alpha value is -1.13. The highest BCUT2D eigenvalue weighted by Gasteiger charge is 2.29. The standard InChI is InChI=1S/C11H14N2OS/c1-8-4-5-10(15-8)11(2,14)9-6-7-12-13(9)3/h4-7,14H,1-3H3. The second-order valence-electron chi connectivity index (χ2n) is 3.82. The van der Waals surface area contributed by atoms with E-state index in [1.807, 2.05) is 32.2 Å². The highest BCUT2D eigenvalue weighted by atomic mass is 32.1. The molecule has 4 heteroatoms. The first kappa shape index (κ1) is 10.4. The van der Waals surface area contributed by atoms with E-state index in [0.717, 1.165) is 10.6 Å². The summed E-state index contributed by atoms with van der Waals surface area (Å²) in [5.41, 5.74) is -0.145. The molecule has 80 valence electrons. The molecule has 0 radical (unpaired) electrons. The molecular formula is C11H14N2OS. The molecule has 1 atom stereocenters. The van der Waals surface area contributed by atoms with Crippen molar-refractivity contribution in [1.82, 2.24) is 9.78 Å². The maximum absolute atomic E-state index is 10.5. The number of nitrogens with zero attached hydrogens (tertiary/aromatic N) is 2. The molecular weight excluding hydrogens is 208 g/mol. The number of hydrogen-bond acceptors (Lipinski definition) is 3. The van der Waals surface area contributed by atoms with Crippen molar-refractivity contribution < 1.29 is 5.11 Å². The Labute approximate surface area is 93.0 Å². The summed E-state index contributed by atoms with van der Waals surface area (Å²) in [4.78, 5) is 2.15. The summed E-state index contributed by atoms with van der Waals surface area (Å²) in [6.45, 7) is 3.84. The highest BCUT2D eigenvalue weighted by molar-refractivity contribution is 7.12. The molecule has 1 N–H and O–H groups in total. The van der Waals surface area contributed by atoms with E-state index in [0.29, 0.717) is 0 Å². The molecule has 0 aromatic carbocycles. The van der Waals surface area contributed by atoms with E-state index >= 15 is 0 Å². The van der Waals surface area contributed by atoms with Crippen LogP contribution in [0, 0.1) is 6.92 Å². The fraction of sp³-hybridized carbons (Fsp3) is 0.364. The molecule has 15 heavy (non-hydrogen) atoms. The van der Waals surface area contributed by atoms with E-state index in [4.69, 9.17) is 0 Å². The van der Waals surface area contributed by atoms with Gasteiger partial charge < -0.3 is 5.11 Å². The number of thiophene rings is 1. The summed E-state index contributed by atoms with van der Waals surface area (Å²) in [6, 6.07) is 5.83. The highest BCUT2D eigenvalue weighted by Crippen LogP contribution is 2.33. The van der Waals surface area contributed by atoms with Gasteiger partial charge in [0, 0.05) is 23.0 Å². The molecule has 2 heterocycles. The Bertz CT molecular complexity index is 470. The Morgan fingerprint density at radius 3 is 2.60 bits per heavy atom. The van der Waals surface area contributed by atoms with Crippen LogP contribution in [0.2, 0.25) is 0 Å². The lowest BCUT2D eigenvalue weighted by atomic mass is 10.0. The molecule has 0 aliphatic heterocycles. The van der Waals surface area contributed by atoms with E-state index in [9.17, 15) is 5.11 Å². The van der Waals surface area contributed by atoms with Gasteiger partial charge >= 0.3 is 0 Å². The predicted molar refractivity (Wildman–Crippen MR) is 60.9 cm³/mol. The Morgan fingerprint density at radius 2 is 2.13 bits per heavy atom. The van der Waals surface area contributed by atoms with Gasteiger partial charge in [-0.3, -0.25) is 4.68 Å². The van der Waals surface area contributed by atoms with Crippen LogP contribution in [0.25, 0.3) is 0 Å². The predicted octanol–water partition coefficient (Wildman–Crippen LogP) is 2.05. The van der Waals surface area contributed by atoms with Gasteiger partial charge in [0.25, 0.3) is 0 Å². The van der Waals surface area contributed by atoms with Gasteiger partial charge in [-0.05, 0) is 32.0 Å². The first-order chi connectivity index (χ1) is 7.01. The van der Waals surface area contributed by atoms with Crippen LogP contribution in [0.3, 0.4) is 0 Å². The smallest absolute Gasteiger partial charge is 0.137 e. The summed E-state index contributed by atoms with van der Waals surface area (Å²) in [5.74, 6) is 0. The summed E-state index contributed by atoms with van der Waals surface area (Å²) in [7, 11) is 1.84. The third kappa shape index (κ3) is 1.70.